The minimum atomic E-state index is 0.754. The van der Waals surface area contributed by atoms with Crippen LogP contribution in [0.5, 0.6) is 0 Å². The van der Waals surface area contributed by atoms with Crippen LogP contribution in [-0.2, 0) is 0 Å². The number of hydrogen-bond donors (Lipinski definition) is 1. The molecule has 1 fully saturated rings. The Morgan fingerprint density at radius 3 is 2.75 bits per heavy atom. The molecular formula is C15H22Cl2N2S. The maximum absolute atomic E-state index is 6.17. The van der Waals surface area contributed by atoms with E-state index in [9.17, 15) is 0 Å². The molecule has 20 heavy (non-hydrogen) atoms. The van der Waals surface area contributed by atoms with Crippen LogP contribution in [-0.4, -0.2) is 43.9 Å². The Morgan fingerprint density at radius 1 is 1.30 bits per heavy atom. The van der Waals surface area contributed by atoms with E-state index in [4.69, 9.17) is 23.2 Å². The normalized spacial score (nSPS) is 17.6. The average Bonchev–Trinajstić information content (AvgIpc) is 2.45. The van der Waals surface area contributed by atoms with Gasteiger partial charge >= 0.3 is 0 Å². The minimum absolute atomic E-state index is 0.754. The fourth-order valence-electron chi connectivity index (χ4n) is 2.58. The van der Waals surface area contributed by atoms with Gasteiger partial charge in [0.15, 0.2) is 0 Å². The summed E-state index contributed by atoms with van der Waals surface area (Å²) in [6, 6.07) is 5.66. The van der Waals surface area contributed by atoms with Crippen molar-refractivity contribution in [1.29, 1.82) is 0 Å². The molecule has 0 amide bonds. The van der Waals surface area contributed by atoms with E-state index < -0.39 is 0 Å². The maximum Gasteiger partial charge on any atom is 0.0542 e. The number of halogens is 2. The summed E-state index contributed by atoms with van der Waals surface area (Å²) in [6.45, 7) is 4.72. The topological polar surface area (TPSA) is 15.3 Å². The summed E-state index contributed by atoms with van der Waals surface area (Å²) in [4.78, 5) is 3.64. The summed E-state index contributed by atoms with van der Waals surface area (Å²) in [6.07, 6.45) is 2.62. The number of hydrogen-bond acceptors (Lipinski definition) is 3. The van der Waals surface area contributed by atoms with Gasteiger partial charge in [0.1, 0.15) is 0 Å². The summed E-state index contributed by atoms with van der Waals surface area (Å²) in [5.74, 6) is 1.92. The van der Waals surface area contributed by atoms with Crippen molar-refractivity contribution in [3.63, 3.8) is 0 Å². The Hall–Kier alpha value is 0.0700. The first kappa shape index (κ1) is 16.4. The molecule has 0 aromatic heterocycles. The number of piperidine rings is 1. The molecule has 1 N–H and O–H groups in total. The van der Waals surface area contributed by atoms with Crippen LogP contribution < -0.4 is 5.32 Å². The second-order valence-electron chi connectivity index (χ2n) is 5.27. The van der Waals surface area contributed by atoms with Crippen molar-refractivity contribution in [2.75, 3.05) is 39.0 Å². The van der Waals surface area contributed by atoms with Gasteiger partial charge in [0.2, 0.25) is 0 Å². The molecule has 5 heteroatoms. The highest BCUT2D eigenvalue weighted by molar-refractivity contribution is 7.99. The quantitative estimate of drug-likeness (QED) is 0.792. The van der Waals surface area contributed by atoms with E-state index in [1.807, 2.05) is 25.2 Å². The first-order valence-corrected chi connectivity index (χ1v) is 8.88. The highest BCUT2D eigenvalue weighted by Gasteiger charge is 2.18. The predicted molar refractivity (Wildman–Crippen MR) is 90.3 cm³/mol. The van der Waals surface area contributed by atoms with Gasteiger partial charge in [-0.1, -0.05) is 23.2 Å². The van der Waals surface area contributed by atoms with Crippen molar-refractivity contribution in [2.45, 2.75) is 17.7 Å². The van der Waals surface area contributed by atoms with Crippen LogP contribution in [0.4, 0.5) is 0 Å². The van der Waals surface area contributed by atoms with E-state index in [1.165, 1.54) is 25.9 Å². The van der Waals surface area contributed by atoms with Gasteiger partial charge in [-0.2, -0.15) is 0 Å². The Kier molecular flexibility index (Phi) is 6.99. The molecule has 0 radical (unpaired) electrons. The van der Waals surface area contributed by atoms with Gasteiger partial charge in [-0.25, -0.2) is 0 Å². The van der Waals surface area contributed by atoms with Crippen molar-refractivity contribution >= 4 is 35.0 Å². The van der Waals surface area contributed by atoms with E-state index in [2.05, 4.69) is 10.2 Å². The zero-order valence-electron chi connectivity index (χ0n) is 11.9. The lowest BCUT2D eigenvalue weighted by Crippen LogP contribution is -2.37. The molecule has 1 saturated heterocycles. The number of nitrogens with one attached hydrogen (secondary N) is 1. The summed E-state index contributed by atoms with van der Waals surface area (Å²) < 4.78 is 0. The summed E-state index contributed by atoms with van der Waals surface area (Å²) in [7, 11) is 2.04. The van der Waals surface area contributed by atoms with Crippen LogP contribution in [0.25, 0.3) is 0 Å². The monoisotopic (exact) mass is 332 g/mol. The standard InChI is InChI=1S/C15H22Cl2N2S/c1-18-11-12-4-6-19(7-5-12)8-9-20-15-10-13(16)2-3-14(15)17/h2-3,10,12,18H,4-9,11H2,1H3. The fourth-order valence-corrected chi connectivity index (χ4v) is 4.08. The van der Waals surface area contributed by atoms with Crippen LogP contribution in [0.15, 0.2) is 23.1 Å². The summed E-state index contributed by atoms with van der Waals surface area (Å²) in [5, 5.41) is 4.83. The second-order valence-corrected chi connectivity index (χ2v) is 7.25. The molecule has 0 aliphatic carbocycles. The van der Waals surface area contributed by atoms with Gasteiger partial charge in [-0.05, 0) is 63.6 Å². The van der Waals surface area contributed by atoms with Crippen molar-refractivity contribution in [3.8, 4) is 0 Å². The van der Waals surface area contributed by atoms with E-state index in [0.717, 1.165) is 39.7 Å². The van der Waals surface area contributed by atoms with Gasteiger partial charge in [-0.15, -0.1) is 11.8 Å². The zero-order chi connectivity index (χ0) is 14.4. The van der Waals surface area contributed by atoms with Gasteiger partial charge in [-0.3, -0.25) is 0 Å². The highest BCUT2D eigenvalue weighted by atomic mass is 35.5. The van der Waals surface area contributed by atoms with Crippen molar-refractivity contribution in [1.82, 2.24) is 10.2 Å². The molecule has 1 aliphatic rings. The third-order valence-corrected chi connectivity index (χ3v) is 5.47. The molecule has 2 nitrogen and oxygen atoms in total. The van der Waals surface area contributed by atoms with Gasteiger partial charge in [0.05, 0.1) is 5.02 Å². The fraction of sp³-hybridized carbons (Fsp3) is 0.600. The molecule has 1 aromatic carbocycles. The number of thioether (sulfide) groups is 1. The molecule has 2 rings (SSSR count). The highest BCUT2D eigenvalue weighted by Crippen LogP contribution is 2.30. The Bertz CT molecular complexity index is 420. The molecule has 1 aromatic rings. The maximum atomic E-state index is 6.17. The van der Waals surface area contributed by atoms with E-state index in [0.29, 0.717) is 0 Å². The number of nitrogens with zero attached hydrogens (tertiary/aromatic N) is 1. The lowest BCUT2D eigenvalue weighted by atomic mass is 9.97. The molecule has 0 spiro atoms. The Morgan fingerprint density at radius 2 is 2.05 bits per heavy atom. The van der Waals surface area contributed by atoms with E-state index in [1.54, 1.807) is 11.8 Å². The molecular weight excluding hydrogens is 311 g/mol. The van der Waals surface area contributed by atoms with Gasteiger partial charge in [0.25, 0.3) is 0 Å². The lowest BCUT2D eigenvalue weighted by molar-refractivity contribution is 0.193. The molecule has 0 unspecified atom stereocenters. The van der Waals surface area contributed by atoms with Crippen LogP contribution >= 0.6 is 35.0 Å². The van der Waals surface area contributed by atoms with Crippen molar-refractivity contribution in [3.05, 3.63) is 28.2 Å². The Labute approximate surface area is 136 Å². The number of rotatable bonds is 6. The zero-order valence-corrected chi connectivity index (χ0v) is 14.2. The van der Waals surface area contributed by atoms with Gasteiger partial charge < -0.3 is 10.2 Å². The number of benzene rings is 1. The smallest absolute Gasteiger partial charge is 0.0542 e. The first-order valence-electron chi connectivity index (χ1n) is 7.14. The second kappa shape index (κ2) is 8.50. The average molecular weight is 333 g/mol. The SMILES string of the molecule is CNCC1CCN(CCSc2cc(Cl)ccc2Cl)CC1. The van der Waals surface area contributed by atoms with Crippen molar-refractivity contribution in [2.24, 2.45) is 5.92 Å². The van der Waals surface area contributed by atoms with Crippen LogP contribution in [0.3, 0.4) is 0 Å². The van der Waals surface area contributed by atoms with Crippen LogP contribution in [0.2, 0.25) is 10.0 Å². The first-order chi connectivity index (χ1) is 9.69. The van der Waals surface area contributed by atoms with Crippen molar-refractivity contribution < 1.29 is 0 Å². The van der Waals surface area contributed by atoms with Gasteiger partial charge in [0, 0.05) is 22.2 Å². The summed E-state index contributed by atoms with van der Waals surface area (Å²) in [5.41, 5.74) is 0. The Balaban J connectivity index is 1.70. The largest absolute Gasteiger partial charge is 0.319 e. The summed E-state index contributed by atoms with van der Waals surface area (Å²) >= 11 is 14.0. The third kappa shape index (κ3) is 5.12. The number of likely N-dealkylation sites (tertiary alicyclic amines) is 1. The molecule has 1 aliphatic heterocycles. The lowest BCUT2D eigenvalue weighted by Gasteiger charge is -2.31. The predicted octanol–water partition coefficient (Wildman–Crippen LogP) is 4.02. The molecule has 1 heterocycles. The van der Waals surface area contributed by atoms with E-state index >= 15 is 0 Å². The molecule has 0 bridgehead atoms. The van der Waals surface area contributed by atoms with Crippen LogP contribution in [0.1, 0.15) is 12.8 Å². The third-order valence-electron chi connectivity index (χ3n) is 3.76. The van der Waals surface area contributed by atoms with Crippen LogP contribution in [0, 0.1) is 5.92 Å². The molecule has 0 saturated carbocycles. The molecule has 0 atom stereocenters. The molecule has 112 valence electrons. The minimum Gasteiger partial charge on any atom is -0.319 e. The van der Waals surface area contributed by atoms with E-state index in [-0.39, 0.29) is 0 Å².